The number of aromatic nitrogens is 2. The molecular formula is C10H16ClN3O. The SMILES string of the molecule is Cl.c1cnc(CO[C@H]2CCCNC2)cn1. The molecule has 2 heterocycles. The van der Waals surface area contributed by atoms with Gasteiger partial charge in [0, 0.05) is 18.9 Å². The fourth-order valence-corrected chi connectivity index (χ4v) is 1.57. The van der Waals surface area contributed by atoms with E-state index < -0.39 is 0 Å². The lowest BCUT2D eigenvalue weighted by Crippen LogP contribution is -2.35. The predicted molar refractivity (Wildman–Crippen MR) is 60.0 cm³/mol. The van der Waals surface area contributed by atoms with Crippen LogP contribution in [0.4, 0.5) is 0 Å². The molecule has 0 spiro atoms. The molecule has 1 saturated heterocycles. The lowest BCUT2D eigenvalue weighted by Gasteiger charge is -2.22. The molecule has 1 aromatic rings. The molecule has 2 rings (SSSR count). The average Bonchev–Trinajstić information content (AvgIpc) is 2.29. The molecule has 15 heavy (non-hydrogen) atoms. The highest BCUT2D eigenvalue weighted by Gasteiger charge is 2.12. The summed E-state index contributed by atoms with van der Waals surface area (Å²) in [7, 11) is 0. The molecule has 1 aliphatic heterocycles. The van der Waals surface area contributed by atoms with Gasteiger partial charge in [-0.05, 0) is 19.4 Å². The second-order valence-corrected chi connectivity index (χ2v) is 3.48. The maximum Gasteiger partial charge on any atom is 0.0907 e. The summed E-state index contributed by atoms with van der Waals surface area (Å²) in [5, 5.41) is 3.31. The van der Waals surface area contributed by atoms with Crippen LogP contribution in [0.5, 0.6) is 0 Å². The first kappa shape index (κ1) is 12.4. The minimum Gasteiger partial charge on any atom is -0.371 e. The number of piperidine rings is 1. The molecule has 0 aliphatic carbocycles. The summed E-state index contributed by atoms with van der Waals surface area (Å²) in [4.78, 5) is 8.15. The molecule has 84 valence electrons. The Labute approximate surface area is 95.9 Å². The number of rotatable bonds is 3. The Hall–Kier alpha value is -0.710. The van der Waals surface area contributed by atoms with Gasteiger partial charge in [0.25, 0.3) is 0 Å². The summed E-state index contributed by atoms with van der Waals surface area (Å²) < 4.78 is 5.70. The summed E-state index contributed by atoms with van der Waals surface area (Å²) >= 11 is 0. The third kappa shape index (κ3) is 4.11. The summed E-state index contributed by atoms with van der Waals surface area (Å²) in [6.07, 6.45) is 7.80. The van der Waals surface area contributed by atoms with Crippen molar-refractivity contribution in [2.45, 2.75) is 25.6 Å². The first-order valence-electron chi connectivity index (χ1n) is 5.02. The minimum atomic E-state index is 0. The van der Waals surface area contributed by atoms with E-state index in [2.05, 4.69) is 15.3 Å². The first-order valence-corrected chi connectivity index (χ1v) is 5.02. The zero-order chi connectivity index (χ0) is 9.64. The van der Waals surface area contributed by atoms with Crippen LogP contribution < -0.4 is 5.32 Å². The van der Waals surface area contributed by atoms with E-state index >= 15 is 0 Å². The van der Waals surface area contributed by atoms with Crippen molar-refractivity contribution in [3.05, 3.63) is 24.3 Å². The van der Waals surface area contributed by atoms with Crippen LogP contribution in [0.25, 0.3) is 0 Å². The standard InChI is InChI=1S/C10H15N3O.ClH/c1-2-10(7-11-3-1)14-8-9-6-12-4-5-13-9;/h4-6,10-11H,1-3,7-8H2;1H/t10-;/m0./s1. The third-order valence-corrected chi connectivity index (χ3v) is 2.34. The minimum absolute atomic E-state index is 0. The van der Waals surface area contributed by atoms with Gasteiger partial charge in [0.2, 0.25) is 0 Å². The molecule has 1 atom stereocenters. The van der Waals surface area contributed by atoms with E-state index in [1.165, 1.54) is 6.42 Å². The van der Waals surface area contributed by atoms with Gasteiger partial charge in [0.1, 0.15) is 0 Å². The Morgan fingerprint density at radius 1 is 1.47 bits per heavy atom. The van der Waals surface area contributed by atoms with Gasteiger partial charge in [-0.2, -0.15) is 0 Å². The number of nitrogens with zero attached hydrogens (tertiary/aromatic N) is 2. The molecule has 0 unspecified atom stereocenters. The summed E-state index contributed by atoms with van der Waals surface area (Å²) in [6, 6.07) is 0. The molecule has 4 nitrogen and oxygen atoms in total. The number of hydrogen-bond donors (Lipinski definition) is 1. The zero-order valence-electron chi connectivity index (χ0n) is 8.56. The van der Waals surface area contributed by atoms with E-state index in [1.807, 2.05) is 0 Å². The second-order valence-electron chi connectivity index (χ2n) is 3.48. The molecule has 1 fully saturated rings. The second kappa shape index (κ2) is 6.71. The van der Waals surface area contributed by atoms with Crippen LogP contribution in [0.2, 0.25) is 0 Å². The normalized spacial score (nSPS) is 20.7. The highest BCUT2D eigenvalue weighted by atomic mass is 35.5. The third-order valence-electron chi connectivity index (χ3n) is 2.34. The topological polar surface area (TPSA) is 47.0 Å². The number of nitrogens with one attached hydrogen (secondary N) is 1. The monoisotopic (exact) mass is 229 g/mol. The Morgan fingerprint density at radius 2 is 2.40 bits per heavy atom. The van der Waals surface area contributed by atoms with Crippen LogP contribution >= 0.6 is 12.4 Å². The van der Waals surface area contributed by atoms with E-state index in [0.29, 0.717) is 12.7 Å². The van der Waals surface area contributed by atoms with Crippen molar-refractivity contribution in [2.24, 2.45) is 0 Å². The zero-order valence-corrected chi connectivity index (χ0v) is 9.37. The van der Waals surface area contributed by atoms with E-state index in [1.54, 1.807) is 18.6 Å². The van der Waals surface area contributed by atoms with Gasteiger partial charge in [-0.1, -0.05) is 0 Å². The van der Waals surface area contributed by atoms with Crippen LogP contribution in [-0.2, 0) is 11.3 Å². The quantitative estimate of drug-likeness (QED) is 0.845. The Balaban J connectivity index is 0.00000112. The lowest BCUT2D eigenvalue weighted by molar-refractivity contribution is 0.0235. The smallest absolute Gasteiger partial charge is 0.0907 e. The van der Waals surface area contributed by atoms with Gasteiger partial charge >= 0.3 is 0 Å². The van der Waals surface area contributed by atoms with Gasteiger partial charge in [-0.3, -0.25) is 9.97 Å². The molecule has 0 aromatic carbocycles. The van der Waals surface area contributed by atoms with E-state index in [9.17, 15) is 0 Å². The first-order chi connectivity index (χ1) is 6.95. The highest BCUT2D eigenvalue weighted by molar-refractivity contribution is 5.85. The van der Waals surface area contributed by atoms with Crippen LogP contribution in [0.3, 0.4) is 0 Å². The molecule has 1 N–H and O–H groups in total. The lowest BCUT2D eigenvalue weighted by atomic mass is 10.1. The fourth-order valence-electron chi connectivity index (χ4n) is 1.57. The van der Waals surface area contributed by atoms with Crippen molar-refractivity contribution in [3.63, 3.8) is 0 Å². The van der Waals surface area contributed by atoms with Crippen molar-refractivity contribution in [1.82, 2.24) is 15.3 Å². The summed E-state index contributed by atoms with van der Waals surface area (Å²) in [5.74, 6) is 0. The van der Waals surface area contributed by atoms with Crippen molar-refractivity contribution in [2.75, 3.05) is 13.1 Å². The van der Waals surface area contributed by atoms with Gasteiger partial charge in [-0.25, -0.2) is 0 Å². The van der Waals surface area contributed by atoms with Crippen molar-refractivity contribution >= 4 is 12.4 Å². The average molecular weight is 230 g/mol. The van der Waals surface area contributed by atoms with Gasteiger partial charge in [-0.15, -0.1) is 12.4 Å². The number of hydrogen-bond acceptors (Lipinski definition) is 4. The van der Waals surface area contributed by atoms with E-state index in [4.69, 9.17) is 4.74 Å². The maximum atomic E-state index is 5.70. The van der Waals surface area contributed by atoms with Gasteiger partial charge < -0.3 is 10.1 Å². The highest BCUT2D eigenvalue weighted by Crippen LogP contribution is 2.07. The predicted octanol–water partition coefficient (Wildman–Crippen LogP) is 1.17. The van der Waals surface area contributed by atoms with Crippen LogP contribution in [0.1, 0.15) is 18.5 Å². The molecule has 0 amide bonds. The van der Waals surface area contributed by atoms with E-state index in [-0.39, 0.29) is 12.4 Å². The van der Waals surface area contributed by atoms with Crippen molar-refractivity contribution in [1.29, 1.82) is 0 Å². The number of halogens is 1. The maximum absolute atomic E-state index is 5.70. The van der Waals surface area contributed by atoms with Crippen LogP contribution in [0.15, 0.2) is 18.6 Å². The van der Waals surface area contributed by atoms with E-state index in [0.717, 1.165) is 25.2 Å². The van der Waals surface area contributed by atoms with Crippen molar-refractivity contribution in [3.8, 4) is 0 Å². The van der Waals surface area contributed by atoms with Gasteiger partial charge in [0.15, 0.2) is 0 Å². The molecule has 1 aromatic heterocycles. The van der Waals surface area contributed by atoms with Gasteiger partial charge in [0.05, 0.1) is 24.6 Å². The molecule has 0 saturated carbocycles. The fraction of sp³-hybridized carbons (Fsp3) is 0.600. The van der Waals surface area contributed by atoms with Crippen LogP contribution in [-0.4, -0.2) is 29.2 Å². The summed E-state index contributed by atoms with van der Waals surface area (Å²) in [6.45, 7) is 2.64. The Morgan fingerprint density at radius 3 is 3.07 bits per heavy atom. The number of ether oxygens (including phenoxy) is 1. The molecular weight excluding hydrogens is 214 g/mol. The Bertz CT molecular complexity index is 265. The molecule has 0 radical (unpaired) electrons. The molecule has 0 bridgehead atoms. The molecule has 1 aliphatic rings. The largest absolute Gasteiger partial charge is 0.371 e. The van der Waals surface area contributed by atoms with Crippen LogP contribution in [0, 0.1) is 0 Å². The summed E-state index contributed by atoms with van der Waals surface area (Å²) in [5.41, 5.74) is 0.901. The Kier molecular flexibility index (Phi) is 5.53. The molecule has 5 heteroatoms. The van der Waals surface area contributed by atoms with Crippen molar-refractivity contribution < 1.29 is 4.74 Å².